The summed E-state index contributed by atoms with van der Waals surface area (Å²) in [6.45, 7) is 2.53. The monoisotopic (exact) mass is 414 g/mol. The number of halogens is 1. The maximum atomic E-state index is 12.3. The SMILES string of the molecule is CCOc1cc(/C=C/C(=O)c2ccc(Br)cc2)ccc1OC1CCCC1. The van der Waals surface area contributed by atoms with Crippen LogP contribution in [0.4, 0.5) is 0 Å². The minimum Gasteiger partial charge on any atom is -0.490 e. The predicted molar refractivity (Wildman–Crippen MR) is 108 cm³/mol. The molecule has 0 amide bonds. The van der Waals surface area contributed by atoms with Gasteiger partial charge in [0.15, 0.2) is 17.3 Å². The number of hydrogen-bond acceptors (Lipinski definition) is 3. The highest BCUT2D eigenvalue weighted by Gasteiger charge is 2.18. The highest BCUT2D eigenvalue weighted by molar-refractivity contribution is 9.10. The molecule has 0 radical (unpaired) electrons. The smallest absolute Gasteiger partial charge is 0.185 e. The first-order valence-electron chi connectivity index (χ1n) is 9.07. The van der Waals surface area contributed by atoms with Gasteiger partial charge in [0, 0.05) is 10.0 Å². The summed E-state index contributed by atoms with van der Waals surface area (Å²) in [7, 11) is 0. The minimum atomic E-state index is -0.0262. The van der Waals surface area contributed by atoms with Gasteiger partial charge in [0.1, 0.15) is 0 Å². The maximum absolute atomic E-state index is 12.3. The van der Waals surface area contributed by atoms with E-state index in [0.717, 1.165) is 34.4 Å². The quantitative estimate of drug-likeness (QED) is 0.407. The fraction of sp³-hybridized carbons (Fsp3) is 0.318. The van der Waals surface area contributed by atoms with Gasteiger partial charge in [0.25, 0.3) is 0 Å². The van der Waals surface area contributed by atoms with Crippen LogP contribution < -0.4 is 9.47 Å². The number of ether oxygens (including phenoxy) is 2. The van der Waals surface area contributed by atoms with Crippen molar-refractivity contribution in [2.45, 2.75) is 38.7 Å². The van der Waals surface area contributed by atoms with E-state index >= 15 is 0 Å². The topological polar surface area (TPSA) is 35.5 Å². The van der Waals surface area contributed by atoms with E-state index in [4.69, 9.17) is 9.47 Å². The zero-order valence-electron chi connectivity index (χ0n) is 14.9. The standard InChI is InChI=1S/C22H23BrO3/c1-2-25-22-15-16(8-14-21(22)26-19-5-3-4-6-19)7-13-20(24)17-9-11-18(23)12-10-17/h7-15,19H,2-6H2,1H3/b13-7+. The molecule has 3 rings (SSSR count). The Bertz CT molecular complexity index is 774. The summed E-state index contributed by atoms with van der Waals surface area (Å²) in [6, 6.07) is 13.2. The molecule has 1 aliphatic rings. The van der Waals surface area contributed by atoms with E-state index in [1.807, 2.05) is 43.3 Å². The third-order valence-electron chi connectivity index (χ3n) is 4.42. The number of benzene rings is 2. The average molecular weight is 415 g/mol. The van der Waals surface area contributed by atoms with Crippen molar-refractivity contribution in [2.75, 3.05) is 6.61 Å². The van der Waals surface area contributed by atoms with E-state index in [-0.39, 0.29) is 11.9 Å². The first kappa shape index (κ1) is 18.7. The van der Waals surface area contributed by atoms with Gasteiger partial charge in [0.05, 0.1) is 12.7 Å². The van der Waals surface area contributed by atoms with Crippen molar-refractivity contribution in [3.63, 3.8) is 0 Å². The van der Waals surface area contributed by atoms with Crippen LogP contribution >= 0.6 is 15.9 Å². The van der Waals surface area contributed by atoms with Crippen molar-refractivity contribution in [3.8, 4) is 11.5 Å². The van der Waals surface area contributed by atoms with Gasteiger partial charge in [-0.25, -0.2) is 0 Å². The Hall–Kier alpha value is -2.07. The molecule has 1 fully saturated rings. The molecule has 0 saturated heterocycles. The number of rotatable bonds is 7. The van der Waals surface area contributed by atoms with Crippen LogP contribution in [0.5, 0.6) is 11.5 Å². The first-order chi connectivity index (χ1) is 12.7. The molecule has 4 heteroatoms. The highest BCUT2D eigenvalue weighted by Crippen LogP contribution is 2.33. The molecule has 26 heavy (non-hydrogen) atoms. The fourth-order valence-corrected chi connectivity index (χ4v) is 3.33. The van der Waals surface area contributed by atoms with Crippen LogP contribution in [0.15, 0.2) is 53.0 Å². The van der Waals surface area contributed by atoms with Crippen LogP contribution in [0.2, 0.25) is 0 Å². The predicted octanol–water partition coefficient (Wildman–Crippen LogP) is 6.07. The average Bonchev–Trinajstić information content (AvgIpc) is 3.15. The zero-order chi connectivity index (χ0) is 18.4. The Balaban J connectivity index is 1.73. The molecule has 136 valence electrons. The molecule has 0 N–H and O–H groups in total. The van der Waals surface area contributed by atoms with Gasteiger partial charge in [-0.3, -0.25) is 4.79 Å². The number of ketones is 1. The summed E-state index contributed by atoms with van der Waals surface area (Å²) in [4.78, 5) is 12.3. The van der Waals surface area contributed by atoms with Crippen LogP contribution in [-0.4, -0.2) is 18.5 Å². The van der Waals surface area contributed by atoms with Crippen molar-refractivity contribution in [1.82, 2.24) is 0 Å². The molecular weight excluding hydrogens is 392 g/mol. The van der Waals surface area contributed by atoms with Crippen molar-refractivity contribution in [1.29, 1.82) is 0 Å². The van der Waals surface area contributed by atoms with E-state index in [1.54, 1.807) is 18.2 Å². The fourth-order valence-electron chi connectivity index (χ4n) is 3.06. The lowest BCUT2D eigenvalue weighted by molar-refractivity contribution is 0.104. The van der Waals surface area contributed by atoms with E-state index in [2.05, 4.69) is 15.9 Å². The van der Waals surface area contributed by atoms with Gasteiger partial charge in [-0.15, -0.1) is 0 Å². The third kappa shape index (κ3) is 4.98. The molecule has 1 saturated carbocycles. The molecular formula is C22H23BrO3. The first-order valence-corrected chi connectivity index (χ1v) is 9.86. The van der Waals surface area contributed by atoms with Crippen molar-refractivity contribution in [2.24, 2.45) is 0 Å². The lowest BCUT2D eigenvalue weighted by Gasteiger charge is -2.17. The van der Waals surface area contributed by atoms with Crippen molar-refractivity contribution < 1.29 is 14.3 Å². The van der Waals surface area contributed by atoms with E-state index < -0.39 is 0 Å². The van der Waals surface area contributed by atoms with Crippen LogP contribution in [0.1, 0.15) is 48.5 Å². The van der Waals surface area contributed by atoms with Crippen molar-refractivity contribution in [3.05, 3.63) is 64.1 Å². The van der Waals surface area contributed by atoms with Crippen LogP contribution in [0.3, 0.4) is 0 Å². The molecule has 3 nitrogen and oxygen atoms in total. The van der Waals surface area contributed by atoms with Crippen LogP contribution in [0, 0.1) is 0 Å². The van der Waals surface area contributed by atoms with E-state index in [9.17, 15) is 4.79 Å². The summed E-state index contributed by atoms with van der Waals surface area (Å²) in [5, 5.41) is 0. The normalized spacial score (nSPS) is 14.7. The maximum Gasteiger partial charge on any atom is 0.185 e. The molecule has 0 unspecified atom stereocenters. The number of carbonyl (C=O) groups is 1. The van der Waals surface area contributed by atoms with Gasteiger partial charge in [-0.05, 0) is 80.6 Å². The van der Waals surface area contributed by atoms with Gasteiger partial charge in [0.2, 0.25) is 0 Å². The Morgan fingerprint density at radius 3 is 2.54 bits per heavy atom. The highest BCUT2D eigenvalue weighted by atomic mass is 79.9. The Labute approximate surface area is 163 Å². The molecule has 2 aromatic rings. The zero-order valence-corrected chi connectivity index (χ0v) is 16.5. The molecule has 0 bridgehead atoms. The largest absolute Gasteiger partial charge is 0.490 e. The van der Waals surface area contributed by atoms with Gasteiger partial charge in [-0.1, -0.05) is 28.1 Å². The summed E-state index contributed by atoms with van der Waals surface area (Å²) in [5.74, 6) is 1.49. The number of carbonyl (C=O) groups excluding carboxylic acids is 1. The summed E-state index contributed by atoms with van der Waals surface area (Å²) < 4.78 is 12.8. The van der Waals surface area contributed by atoms with E-state index in [1.165, 1.54) is 12.8 Å². The lowest BCUT2D eigenvalue weighted by Crippen LogP contribution is -2.11. The second-order valence-electron chi connectivity index (χ2n) is 6.37. The number of hydrogen-bond donors (Lipinski definition) is 0. The molecule has 0 spiro atoms. The van der Waals surface area contributed by atoms with Gasteiger partial charge in [-0.2, -0.15) is 0 Å². The molecule has 0 heterocycles. The summed E-state index contributed by atoms with van der Waals surface area (Å²) >= 11 is 3.38. The van der Waals surface area contributed by atoms with Gasteiger partial charge < -0.3 is 9.47 Å². The minimum absolute atomic E-state index is 0.0262. The van der Waals surface area contributed by atoms with Crippen molar-refractivity contribution >= 4 is 27.8 Å². The molecule has 0 aromatic heterocycles. The van der Waals surface area contributed by atoms with Gasteiger partial charge >= 0.3 is 0 Å². The Morgan fingerprint density at radius 1 is 1.12 bits per heavy atom. The summed E-state index contributed by atoms with van der Waals surface area (Å²) in [6.07, 6.45) is 8.36. The molecule has 0 aliphatic heterocycles. The van der Waals surface area contributed by atoms with E-state index in [0.29, 0.717) is 12.2 Å². The third-order valence-corrected chi connectivity index (χ3v) is 4.95. The second kappa shape index (κ2) is 9.04. The summed E-state index contributed by atoms with van der Waals surface area (Å²) in [5.41, 5.74) is 1.58. The lowest BCUT2D eigenvalue weighted by atomic mass is 10.1. The van der Waals surface area contributed by atoms with Crippen LogP contribution in [-0.2, 0) is 0 Å². The number of allylic oxidation sites excluding steroid dienone is 1. The Morgan fingerprint density at radius 2 is 1.85 bits per heavy atom. The van der Waals surface area contributed by atoms with Crippen LogP contribution in [0.25, 0.3) is 6.08 Å². The molecule has 2 aromatic carbocycles. The Kier molecular flexibility index (Phi) is 6.51. The molecule has 1 aliphatic carbocycles. The second-order valence-corrected chi connectivity index (χ2v) is 7.28. The molecule has 0 atom stereocenters.